The molecule has 1 N–H and O–H groups in total. The van der Waals surface area contributed by atoms with Gasteiger partial charge in [0, 0.05) is 39.8 Å². The van der Waals surface area contributed by atoms with Crippen LogP contribution in [0.2, 0.25) is 0 Å². The number of hydrogen-bond donors (Lipinski definition) is 1. The van der Waals surface area contributed by atoms with Gasteiger partial charge in [-0.05, 0) is 24.5 Å². The highest BCUT2D eigenvalue weighted by Crippen LogP contribution is 2.22. The molecule has 0 spiro atoms. The molecule has 1 unspecified atom stereocenters. The summed E-state index contributed by atoms with van der Waals surface area (Å²) in [5, 5.41) is 3.35. The molecule has 1 aliphatic heterocycles. The minimum atomic E-state index is -0.0521. The predicted octanol–water partition coefficient (Wildman–Crippen LogP) is 2.68. The van der Waals surface area contributed by atoms with E-state index in [1.54, 1.807) is 19.2 Å². The Morgan fingerprint density at radius 1 is 1.30 bits per heavy atom. The van der Waals surface area contributed by atoms with Gasteiger partial charge in [-0.2, -0.15) is 0 Å². The Bertz CT molecular complexity index is 591. The summed E-state index contributed by atoms with van der Waals surface area (Å²) in [7, 11) is 1.73. The number of piperazine rings is 1. The number of aliphatic imine (C=N–C) groups is 1. The summed E-state index contributed by atoms with van der Waals surface area (Å²) >= 11 is 0. The van der Waals surface area contributed by atoms with Gasteiger partial charge in [-0.3, -0.25) is 9.79 Å². The van der Waals surface area contributed by atoms with Crippen LogP contribution in [-0.4, -0.2) is 74.1 Å². The van der Waals surface area contributed by atoms with Crippen LogP contribution in [0.3, 0.4) is 0 Å². The standard InChI is InChI=1S/C19H32N4O3.HI/c1-6-20-18(21-14-16(25-5)19(2,3)4)23-11-9-22(10-12-23)17(24)15-8-7-13-26-15;/h7-8,13,16H,6,9-12,14H2,1-5H3,(H,20,21);1H. The summed E-state index contributed by atoms with van der Waals surface area (Å²) in [5.74, 6) is 1.22. The Kier molecular flexibility index (Phi) is 9.58. The minimum absolute atomic E-state index is 0. The highest BCUT2D eigenvalue weighted by molar-refractivity contribution is 14.0. The quantitative estimate of drug-likeness (QED) is 0.389. The molecule has 1 aromatic heterocycles. The monoisotopic (exact) mass is 492 g/mol. The van der Waals surface area contributed by atoms with Crippen molar-refractivity contribution in [2.24, 2.45) is 10.4 Å². The van der Waals surface area contributed by atoms with Crippen molar-refractivity contribution in [1.82, 2.24) is 15.1 Å². The van der Waals surface area contributed by atoms with Crippen molar-refractivity contribution >= 4 is 35.8 Å². The van der Waals surface area contributed by atoms with Gasteiger partial charge in [0.1, 0.15) is 0 Å². The van der Waals surface area contributed by atoms with Gasteiger partial charge in [-0.15, -0.1) is 24.0 Å². The lowest BCUT2D eigenvalue weighted by atomic mass is 9.89. The minimum Gasteiger partial charge on any atom is -0.459 e. The number of methoxy groups -OCH3 is 1. The molecule has 1 amide bonds. The largest absolute Gasteiger partial charge is 0.459 e. The van der Waals surface area contributed by atoms with Crippen molar-refractivity contribution < 1.29 is 13.9 Å². The smallest absolute Gasteiger partial charge is 0.289 e. The number of amides is 1. The van der Waals surface area contributed by atoms with E-state index in [4.69, 9.17) is 14.1 Å². The Morgan fingerprint density at radius 3 is 2.41 bits per heavy atom. The van der Waals surface area contributed by atoms with Crippen molar-refractivity contribution in [3.63, 3.8) is 0 Å². The molecule has 1 saturated heterocycles. The average Bonchev–Trinajstić information content (AvgIpc) is 3.14. The zero-order chi connectivity index (χ0) is 19.2. The third-order valence-corrected chi connectivity index (χ3v) is 4.59. The van der Waals surface area contributed by atoms with E-state index in [1.807, 2.05) is 4.90 Å². The van der Waals surface area contributed by atoms with E-state index >= 15 is 0 Å². The zero-order valence-corrected chi connectivity index (χ0v) is 19.4. The summed E-state index contributed by atoms with van der Waals surface area (Å²) in [4.78, 5) is 21.2. The molecule has 1 fully saturated rings. The molecule has 0 aromatic carbocycles. The Balaban J connectivity index is 0.00000364. The van der Waals surface area contributed by atoms with Crippen LogP contribution < -0.4 is 5.32 Å². The van der Waals surface area contributed by atoms with Crippen LogP contribution in [-0.2, 0) is 4.74 Å². The normalized spacial score (nSPS) is 16.7. The Hall–Kier alpha value is -1.29. The van der Waals surface area contributed by atoms with E-state index in [9.17, 15) is 4.79 Å². The van der Waals surface area contributed by atoms with Gasteiger partial charge >= 0.3 is 0 Å². The second-order valence-corrected chi connectivity index (χ2v) is 7.54. The third-order valence-electron chi connectivity index (χ3n) is 4.59. The molecule has 154 valence electrons. The van der Waals surface area contributed by atoms with E-state index in [1.165, 1.54) is 6.26 Å². The number of hydrogen-bond acceptors (Lipinski definition) is 4. The van der Waals surface area contributed by atoms with Crippen LogP contribution in [0.1, 0.15) is 38.2 Å². The summed E-state index contributed by atoms with van der Waals surface area (Å²) < 4.78 is 10.8. The second kappa shape index (κ2) is 10.9. The summed E-state index contributed by atoms with van der Waals surface area (Å²) in [6.07, 6.45) is 1.58. The number of halogens is 1. The fraction of sp³-hybridized carbons (Fsp3) is 0.684. The van der Waals surface area contributed by atoms with Gasteiger partial charge in [-0.1, -0.05) is 20.8 Å². The number of nitrogens with one attached hydrogen (secondary N) is 1. The van der Waals surface area contributed by atoms with Crippen molar-refractivity contribution in [2.75, 3.05) is 46.4 Å². The molecule has 0 saturated carbocycles. The Morgan fingerprint density at radius 2 is 1.93 bits per heavy atom. The number of nitrogens with zero attached hydrogens (tertiary/aromatic N) is 3. The van der Waals surface area contributed by atoms with Gasteiger partial charge < -0.3 is 24.3 Å². The molecule has 2 heterocycles. The topological polar surface area (TPSA) is 70.3 Å². The maximum absolute atomic E-state index is 12.4. The molecule has 0 aliphatic carbocycles. The highest BCUT2D eigenvalue weighted by atomic mass is 127. The van der Waals surface area contributed by atoms with Gasteiger partial charge in [0.05, 0.1) is 18.9 Å². The number of ether oxygens (including phenoxy) is 1. The van der Waals surface area contributed by atoms with Crippen LogP contribution in [0.25, 0.3) is 0 Å². The first-order chi connectivity index (χ1) is 12.4. The Labute approximate surface area is 179 Å². The summed E-state index contributed by atoms with van der Waals surface area (Å²) in [6.45, 7) is 12.7. The molecule has 8 heteroatoms. The lowest BCUT2D eigenvalue weighted by Gasteiger charge is -2.36. The van der Waals surface area contributed by atoms with Crippen LogP contribution in [0, 0.1) is 5.41 Å². The van der Waals surface area contributed by atoms with Crippen LogP contribution in [0.5, 0.6) is 0 Å². The molecular formula is C19H33IN4O3. The molecule has 1 atom stereocenters. The van der Waals surface area contributed by atoms with Crippen LogP contribution in [0.4, 0.5) is 0 Å². The van der Waals surface area contributed by atoms with E-state index in [-0.39, 0.29) is 41.4 Å². The lowest BCUT2D eigenvalue weighted by Crippen LogP contribution is -2.54. The number of furan rings is 1. The molecule has 1 aromatic rings. The van der Waals surface area contributed by atoms with Crippen molar-refractivity contribution in [2.45, 2.75) is 33.8 Å². The van der Waals surface area contributed by atoms with Crippen molar-refractivity contribution in [3.8, 4) is 0 Å². The number of guanidine groups is 1. The van der Waals surface area contributed by atoms with Crippen LogP contribution >= 0.6 is 24.0 Å². The molecule has 2 rings (SSSR count). The predicted molar refractivity (Wildman–Crippen MR) is 118 cm³/mol. The van der Waals surface area contributed by atoms with Gasteiger partial charge in [0.15, 0.2) is 11.7 Å². The van der Waals surface area contributed by atoms with E-state index < -0.39 is 0 Å². The molecule has 7 nitrogen and oxygen atoms in total. The van der Waals surface area contributed by atoms with Gasteiger partial charge in [-0.25, -0.2) is 0 Å². The first kappa shape index (κ1) is 23.7. The fourth-order valence-corrected chi connectivity index (χ4v) is 2.97. The average molecular weight is 492 g/mol. The van der Waals surface area contributed by atoms with Gasteiger partial charge in [0.25, 0.3) is 5.91 Å². The van der Waals surface area contributed by atoms with E-state index in [0.717, 1.165) is 25.6 Å². The zero-order valence-electron chi connectivity index (χ0n) is 17.0. The number of carbonyl (C=O) groups is 1. The molecular weight excluding hydrogens is 459 g/mol. The number of carbonyl (C=O) groups excluding carboxylic acids is 1. The first-order valence-electron chi connectivity index (χ1n) is 9.25. The second-order valence-electron chi connectivity index (χ2n) is 7.54. The molecule has 0 bridgehead atoms. The molecule has 1 aliphatic rings. The lowest BCUT2D eigenvalue weighted by molar-refractivity contribution is 0.0239. The number of rotatable bonds is 5. The fourth-order valence-electron chi connectivity index (χ4n) is 2.97. The van der Waals surface area contributed by atoms with Crippen LogP contribution in [0.15, 0.2) is 27.8 Å². The summed E-state index contributed by atoms with van der Waals surface area (Å²) in [5.41, 5.74) is 0.0315. The van der Waals surface area contributed by atoms with Crippen molar-refractivity contribution in [3.05, 3.63) is 24.2 Å². The third kappa shape index (κ3) is 6.67. The first-order valence-corrected chi connectivity index (χ1v) is 9.25. The highest BCUT2D eigenvalue weighted by Gasteiger charge is 2.27. The molecule has 0 radical (unpaired) electrons. The maximum atomic E-state index is 12.4. The summed E-state index contributed by atoms with van der Waals surface area (Å²) in [6, 6.07) is 3.44. The van der Waals surface area contributed by atoms with Crippen molar-refractivity contribution in [1.29, 1.82) is 0 Å². The molecule has 27 heavy (non-hydrogen) atoms. The van der Waals surface area contributed by atoms with Gasteiger partial charge in [0.2, 0.25) is 0 Å². The van der Waals surface area contributed by atoms with E-state index in [2.05, 4.69) is 37.9 Å². The SMILES string of the molecule is CCNC(=NCC(OC)C(C)(C)C)N1CCN(C(=O)c2ccco2)CC1.I. The maximum Gasteiger partial charge on any atom is 0.289 e. The van der Waals surface area contributed by atoms with E-state index in [0.29, 0.717) is 25.4 Å².